The smallest absolute Gasteiger partial charge is 0.274 e. The number of benzene rings is 1. The Bertz CT molecular complexity index is 1340. The van der Waals surface area contributed by atoms with E-state index in [9.17, 15) is 4.79 Å². The van der Waals surface area contributed by atoms with E-state index in [0.29, 0.717) is 36.0 Å². The number of hydrogen-bond donors (Lipinski definition) is 1. The molecule has 0 aliphatic carbocycles. The molecule has 0 bridgehead atoms. The zero-order valence-corrected chi connectivity index (χ0v) is 20.6. The number of carbonyl (C=O) groups is 1. The molecule has 0 unspecified atom stereocenters. The van der Waals surface area contributed by atoms with Crippen LogP contribution >= 0.6 is 11.6 Å². The lowest BCUT2D eigenvalue weighted by Crippen LogP contribution is -2.23. The molecule has 0 fully saturated rings. The van der Waals surface area contributed by atoms with Gasteiger partial charge >= 0.3 is 0 Å². The third-order valence-electron chi connectivity index (χ3n) is 5.91. The maximum Gasteiger partial charge on any atom is 0.274 e. The maximum absolute atomic E-state index is 12.6. The number of amides is 1. The molecule has 2 N–H and O–H groups in total. The summed E-state index contributed by atoms with van der Waals surface area (Å²) in [7, 11) is 5.29. The van der Waals surface area contributed by atoms with Gasteiger partial charge in [-0.15, -0.1) is 0 Å². The summed E-state index contributed by atoms with van der Waals surface area (Å²) in [6.45, 7) is 2.89. The standard InChI is InChI=1S/C25H29ClN6O2/c1-16-20(24(29-31(16)4)25(33)30(2)3)10-12-34-22-13-18(26)6-7-21(22)17-5-8-23-28-14-19(9-11-27)32(23)15-17/h5-8,13-15H,9-12,27H2,1-4H3. The lowest BCUT2D eigenvalue weighted by molar-refractivity contribution is 0.0820. The van der Waals surface area contributed by atoms with Crippen LogP contribution < -0.4 is 10.5 Å². The van der Waals surface area contributed by atoms with Crippen molar-refractivity contribution in [2.24, 2.45) is 12.8 Å². The van der Waals surface area contributed by atoms with Crippen LogP contribution in [0.25, 0.3) is 16.8 Å². The van der Waals surface area contributed by atoms with Crippen LogP contribution in [0, 0.1) is 6.92 Å². The first kappa shape index (κ1) is 23.8. The van der Waals surface area contributed by atoms with E-state index in [1.165, 1.54) is 4.90 Å². The molecule has 0 radical (unpaired) electrons. The molecule has 178 valence electrons. The van der Waals surface area contributed by atoms with Gasteiger partial charge in [-0.05, 0) is 43.8 Å². The maximum atomic E-state index is 12.6. The number of nitrogens with two attached hydrogens (primary N) is 1. The van der Waals surface area contributed by atoms with Crippen LogP contribution in [-0.4, -0.2) is 57.2 Å². The van der Waals surface area contributed by atoms with Gasteiger partial charge in [0.1, 0.15) is 11.4 Å². The summed E-state index contributed by atoms with van der Waals surface area (Å²) in [5.41, 5.74) is 11.9. The average molecular weight is 481 g/mol. The Balaban J connectivity index is 1.61. The van der Waals surface area contributed by atoms with Crippen LogP contribution in [-0.2, 0) is 19.9 Å². The Labute approximate surface area is 203 Å². The topological polar surface area (TPSA) is 90.7 Å². The van der Waals surface area contributed by atoms with E-state index < -0.39 is 0 Å². The van der Waals surface area contributed by atoms with Crippen molar-refractivity contribution in [3.8, 4) is 16.9 Å². The minimum atomic E-state index is -0.121. The summed E-state index contributed by atoms with van der Waals surface area (Å²) in [5, 5.41) is 5.00. The quantitative estimate of drug-likeness (QED) is 0.416. The lowest BCUT2D eigenvalue weighted by atomic mass is 10.1. The van der Waals surface area contributed by atoms with Gasteiger partial charge in [-0.25, -0.2) is 4.98 Å². The van der Waals surface area contributed by atoms with Crippen LogP contribution in [0.3, 0.4) is 0 Å². The predicted molar refractivity (Wildman–Crippen MR) is 134 cm³/mol. The fourth-order valence-electron chi connectivity index (χ4n) is 3.98. The molecule has 9 heteroatoms. The first-order chi connectivity index (χ1) is 16.3. The van der Waals surface area contributed by atoms with Crippen molar-refractivity contribution in [2.45, 2.75) is 19.8 Å². The van der Waals surface area contributed by atoms with Crippen molar-refractivity contribution in [1.82, 2.24) is 24.1 Å². The van der Waals surface area contributed by atoms with Gasteiger partial charge in [0, 0.05) is 79.5 Å². The number of nitrogens with zero attached hydrogens (tertiary/aromatic N) is 5. The highest BCUT2D eigenvalue weighted by Gasteiger charge is 2.21. The molecule has 3 aromatic heterocycles. The molecule has 34 heavy (non-hydrogen) atoms. The summed E-state index contributed by atoms with van der Waals surface area (Å²) in [6, 6.07) is 9.61. The third-order valence-corrected chi connectivity index (χ3v) is 6.15. The van der Waals surface area contributed by atoms with Gasteiger partial charge in [0.15, 0.2) is 5.69 Å². The molecule has 0 saturated heterocycles. The fourth-order valence-corrected chi connectivity index (χ4v) is 4.14. The zero-order valence-electron chi connectivity index (χ0n) is 19.9. The molecular weight excluding hydrogens is 452 g/mol. The van der Waals surface area contributed by atoms with E-state index in [1.807, 2.05) is 56.7 Å². The number of hydrogen-bond acceptors (Lipinski definition) is 5. The Morgan fingerprint density at radius 3 is 2.74 bits per heavy atom. The number of rotatable bonds is 8. The molecule has 4 rings (SSSR count). The van der Waals surface area contributed by atoms with Crippen molar-refractivity contribution in [3.63, 3.8) is 0 Å². The highest BCUT2D eigenvalue weighted by molar-refractivity contribution is 6.30. The van der Waals surface area contributed by atoms with E-state index in [4.69, 9.17) is 22.1 Å². The molecule has 3 heterocycles. The molecule has 0 saturated carbocycles. The highest BCUT2D eigenvalue weighted by atomic mass is 35.5. The van der Waals surface area contributed by atoms with Crippen LogP contribution in [0.15, 0.2) is 42.7 Å². The van der Waals surface area contributed by atoms with Crippen molar-refractivity contribution in [3.05, 3.63) is 70.4 Å². The fraction of sp³-hybridized carbons (Fsp3) is 0.320. The summed E-state index contributed by atoms with van der Waals surface area (Å²) in [5.74, 6) is 0.554. The van der Waals surface area contributed by atoms with Crippen LogP contribution in [0.2, 0.25) is 5.02 Å². The van der Waals surface area contributed by atoms with Crippen LogP contribution in [0.4, 0.5) is 0 Å². The van der Waals surface area contributed by atoms with Gasteiger partial charge in [-0.1, -0.05) is 11.6 Å². The average Bonchev–Trinajstić information content (AvgIpc) is 3.34. The summed E-state index contributed by atoms with van der Waals surface area (Å²) < 4.78 is 10.0. The second-order valence-corrected chi connectivity index (χ2v) is 8.85. The van der Waals surface area contributed by atoms with Crippen LogP contribution in [0.1, 0.15) is 27.4 Å². The molecule has 0 spiro atoms. The lowest BCUT2D eigenvalue weighted by Gasteiger charge is -2.14. The Kier molecular flexibility index (Phi) is 6.90. The Morgan fingerprint density at radius 1 is 1.21 bits per heavy atom. The monoisotopic (exact) mass is 480 g/mol. The number of fused-ring (bicyclic) bond motifs is 1. The first-order valence-corrected chi connectivity index (χ1v) is 11.5. The molecule has 1 aromatic carbocycles. The molecule has 1 amide bonds. The number of ether oxygens (including phenoxy) is 1. The van der Waals surface area contributed by atoms with E-state index in [2.05, 4.69) is 14.5 Å². The minimum absolute atomic E-state index is 0.121. The third kappa shape index (κ3) is 4.64. The van der Waals surface area contributed by atoms with Crippen molar-refractivity contribution in [1.29, 1.82) is 0 Å². The van der Waals surface area contributed by atoms with Gasteiger partial charge in [0.2, 0.25) is 0 Å². The Hall–Kier alpha value is -3.36. The van der Waals surface area contributed by atoms with E-state index in [1.54, 1.807) is 18.8 Å². The van der Waals surface area contributed by atoms with Crippen LogP contribution in [0.5, 0.6) is 5.75 Å². The molecular formula is C25H29ClN6O2. The van der Waals surface area contributed by atoms with Crippen molar-refractivity contribution >= 4 is 23.2 Å². The van der Waals surface area contributed by atoms with E-state index >= 15 is 0 Å². The number of aryl methyl sites for hydroxylation is 1. The first-order valence-electron chi connectivity index (χ1n) is 11.1. The second-order valence-electron chi connectivity index (χ2n) is 8.41. The van der Waals surface area contributed by atoms with Crippen molar-refractivity contribution < 1.29 is 9.53 Å². The van der Waals surface area contributed by atoms with E-state index in [0.717, 1.165) is 40.1 Å². The summed E-state index contributed by atoms with van der Waals surface area (Å²) in [6.07, 6.45) is 5.19. The number of pyridine rings is 1. The number of carbonyl (C=O) groups excluding carboxylic acids is 1. The highest BCUT2D eigenvalue weighted by Crippen LogP contribution is 2.33. The molecule has 0 aliphatic heterocycles. The van der Waals surface area contributed by atoms with Gasteiger partial charge in [0.05, 0.1) is 6.61 Å². The van der Waals surface area contributed by atoms with Gasteiger partial charge < -0.3 is 19.8 Å². The van der Waals surface area contributed by atoms with Gasteiger partial charge in [0.25, 0.3) is 5.91 Å². The molecule has 8 nitrogen and oxygen atoms in total. The summed E-state index contributed by atoms with van der Waals surface area (Å²) in [4.78, 5) is 18.6. The SMILES string of the molecule is Cc1c(CCOc2cc(Cl)ccc2-c2ccc3ncc(CCN)n3c2)c(C(=O)N(C)C)nn1C. The molecule has 0 atom stereocenters. The zero-order chi connectivity index (χ0) is 24.4. The Morgan fingerprint density at radius 2 is 2.00 bits per heavy atom. The summed E-state index contributed by atoms with van der Waals surface area (Å²) >= 11 is 6.30. The molecule has 4 aromatic rings. The number of halogens is 1. The minimum Gasteiger partial charge on any atom is -0.493 e. The predicted octanol–water partition coefficient (Wildman–Crippen LogP) is 3.52. The van der Waals surface area contributed by atoms with Crippen molar-refractivity contribution in [2.75, 3.05) is 27.2 Å². The molecule has 0 aliphatic rings. The number of imidazole rings is 1. The largest absolute Gasteiger partial charge is 0.493 e. The van der Waals surface area contributed by atoms with Gasteiger partial charge in [-0.3, -0.25) is 9.48 Å². The second kappa shape index (κ2) is 9.87. The van der Waals surface area contributed by atoms with Gasteiger partial charge in [-0.2, -0.15) is 5.10 Å². The normalized spacial score (nSPS) is 11.2. The number of aromatic nitrogens is 4. The van der Waals surface area contributed by atoms with E-state index in [-0.39, 0.29) is 5.91 Å².